The number of phenolic OH excluding ortho intramolecular Hbond substituents is 1. The second-order valence-electron chi connectivity index (χ2n) is 17.4. The third kappa shape index (κ3) is 14.3. The summed E-state index contributed by atoms with van der Waals surface area (Å²) in [6.07, 6.45) is -2.29. The summed E-state index contributed by atoms with van der Waals surface area (Å²) < 4.78 is 65.3. The number of phenols is 1. The van der Waals surface area contributed by atoms with Crippen molar-refractivity contribution in [2.24, 2.45) is 5.92 Å². The van der Waals surface area contributed by atoms with Gasteiger partial charge in [0.1, 0.15) is 22.9 Å². The van der Waals surface area contributed by atoms with E-state index in [0.29, 0.717) is 93.6 Å². The molecule has 2 saturated heterocycles. The summed E-state index contributed by atoms with van der Waals surface area (Å²) in [6, 6.07) is 8.91. The molecule has 4 N–H and O–H groups in total. The molecule has 2 fully saturated rings. The number of fused-ring (bicyclic) bond motifs is 1. The number of anilines is 1. The predicted octanol–water partition coefficient (Wildman–Crippen LogP) is 6.24. The van der Waals surface area contributed by atoms with Crippen molar-refractivity contribution in [1.29, 1.82) is 0 Å². The predicted molar refractivity (Wildman–Crippen MR) is 239 cm³/mol. The number of morpholine rings is 1. The zero-order valence-electron chi connectivity index (χ0n) is 38.2. The van der Waals surface area contributed by atoms with E-state index in [9.17, 15) is 32.7 Å². The van der Waals surface area contributed by atoms with E-state index in [2.05, 4.69) is 55.1 Å². The number of carboxylic acid groups (broad SMARTS) is 1. The molecule has 3 amide bonds. The standard InChI is InChI=1S/C44H61FN6O7S.C2HF3O2/c1-29(2)31(5)51(20-17-46-16-11-33-9-10-36(52)40-41(33)57-26-37(53)48-40)38(54)13-23-56-22-12-32-7-6-8-34(39(32)45)25-49-18-14-44(15-19-49)28-50(21-24-58-44)43(55)35-27-59-42(47-35)30(3)4;3-2(4,5)1(6)7/h6-10,27,29-31,46,52H,11-26,28H2,1-5H3,(H,48,53);(H,6,7)/t31-;/m1./s1. The minimum atomic E-state index is -5.08. The molecule has 3 aliphatic heterocycles. The molecule has 0 saturated carbocycles. The lowest BCUT2D eigenvalue weighted by molar-refractivity contribution is -0.192. The Morgan fingerprint density at radius 2 is 1.73 bits per heavy atom. The summed E-state index contributed by atoms with van der Waals surface area (Å²) in [7, 11) is 0. The number of likely N-dealkylation sites (tertiary alicyclic amines) is 1. The van der Waals surface area contributed by atoms with Gasteiger partial charge in [0.2, 0.25) is 5.91 Å². The number of carbonyl (C=O) groups excluding carboxylic acids is 3. The number of carboxylic acids is 1. The number of hydrogen-bond acceptors (Lipinski definition) is 12. The highest BCUT2D eigenvalue weighted by atomic mass is 32.1. The first kappa shape index (κ1) is 52.1. The Bertz CT molecular complexity index is 2130. The fraction of sp³-hybridized carbons (Fsp3) is 0.587. The van der Waals surface area contributed by atoms with Gasteiger partial charge >= 0.3 is 12.1 Å². The smallest absolute Gasteiger partial charge is 0.490 e. The number of alkyl halides is 3. The maximum absolute atomic E-state index is 15.8. The topological polar surface area (TPSA) is 183 Å². The van der Waals surface area contributed by atoms with Gasteiger partial charge in [0.15, 0.2) is 12.4 Å². The Balaban J connectivity index is 0.00000108. The van der Waals surface area contributed by atoms with Crippen LogP contribution in [0.2, 0.25) is 0 Å². The third-order valence-corrected chi connectivity index (χ3v) is 13.2. The second kappa shape index (κ2) is 23.7. The summed E-state index contributed by atoms with van der Waals surface area (Å²) in [5.41, 5.74) is 2.54. The van der Waals surface area contributed by atoms with E-state index in [0.717, 1.165) is 36.5 Å². The highest BCUT2D eigenvalue weighted by molar-refractivity contribution is 7.09. The molecule has 3 aliphatic rings. The van der Waals surface area contributed by atoms with E-state index >= 15 is 4.39 Å². The molecule has 20 heteroatoms. The number of amides is 3. The van der Waals surface area contributed by atoms with Gasteiger partial charge in [-0.3, -0.25) is 19.3 Å². The summed E-state index contributed by atoms with van der Waals surface area (Å²) in [6.45, 7) is 16.2. The molecular weight excluding hydrogens is 889 g/mol. The van der Waals surface area contributed by atoms with Gasteiger partial charge in [0.05, 0.1) is 43.4 Å². The van der Waals surface area contributed by atoms with Crippen molar-refractivity contribution < 1.29 is 61.2 Å². The van der Waals surface area contributed by atoms with Gasteiger partial charge in [0.25, 0.3) is 11.8 Å². The molecule has 6 rings (SSSR count). The van der Waals surface area contributed by atoms with Crippen LogP contribution in [0.5, 0.6) is 11.5 Å². The molecule has 1 spiro atoms. The number of nitrogens with one attached hydrogen (secondary N) is 2. The minimum Gasteiger partial charge on any atom is -0.506 e. The van der Waals surface area contributed by atoms with Crippen molar-refractivity contribution in [2.45, 2.75) is 97.0 Å². The number of rotatable bonds is 18. The van der Waals surface area contributed by atoms with Crippen molar-refractivity contribution >= 4 is 40.7 Å². The average Bonchev–Trinajstić information content (AvgIpc) is 3.78. The quantitative estimate of drug-likeness (QED) is 0.0642. The molecular formula is C46H62F4N6O9S. The van der Waals surface area contributed by atoms with Crippen LogP contribution in [0.1, 0.15) is 92.0 Å². The van der Waals surface area contributed by atoms with Crippen LogP contribution < -0.4 is 15.4 Å². The van der Waals surface area contributed by atoms with Crippen molar-refractivity contribution in [2.75, 3.05) is 77.6 Å². The summed E-state index contributed by atoms with van der Waals surface area (Å²) in [4.78, 5) is 57.9. The van der Waals surface area contributed by atoms with Gasteiger partial charge in [-0.1, -0.05) is 52.0 Å². The number of hydrogen-bond donors (Lipinski definition) is 4. The van der Waals surface area contributed by atoms with Crippen molar-refractivity contribution in [1.82, 2.24) is 25.0 Å². The van der Waals surface area contributed by atoms with Crippen molar-refractivity contribution in [3.05, 3.63) is 68.9 Å². The Morgan fingerprint density at radius 3 is 2.39 bits per heavy atom. The molecule has 0 bridgehead atoms. The van der Waals surface area contributed by atoms with Crippen LogP contribution >= 0.6 is 11.3 Å². The van der Waals surface area contributed by atoms with Crippen LogP contribution in [0.3, 0.4) is 0 Å². The van der Waals surface area contributed by atoms with E-state index in [1.54, 1.807) is 18.2 Å². The van der Waals surface area contributed by atoms with E-state index in [-0.39, 0.29) is 66.8 Å². The molecule has 4 heterocycles. The maximum Gasteiger partial charge on any atom is 0.490 e. The lowest BCUT2D eigenvalue weighted by atomic mass is 9.89. The molecule has 0 aliphatic carbocycles. The molecule has 3 aromatic rings. The zero-order chi connectivity index (χ0) is 48.2. The largest absolute Gasteiger partial charge is 0.506 e. The Kier molecular flexibility index (Phi) is 18.7. The number of aromatic hydroxyl groups is 1. The van der Waals surface area contributed by atoms with Crippen LogP contribution in [0.4, 0.5) is 23.2 Å². The number of nitrogens with zero attached hydrogens (tertiary/aromatic N) is 4. The number of piperidine rings is 1. The fourth-order valence-corrected chi connectivity index (χ4v) is 8.71. The number of ether oxygens (including phenoxy) is 3. The molecule has 1 aromatic heterocycles. The molecule has 15 nitrogen and oxygen atoms in total. The zero-order valence-corrected chi connectivity index (χ0v) is 39.0. The Morgan fingerprint density at radius 1 is 1.02 bits per heavy atom. The van der Waals surface area contributed by atoms with Gasteiger partial charge in [-0.25, -0.2) is 14.2 Å². The van der Waals surface area contributed by atoms with Crippen LogP contribution in [0.25, 0.3) is 0 Å². The van der Waals surface area contributed by atoms with Crippen molar-refractivity contribution in [3.8, 4) is 11.5 Å². The van der Waals surface area contributed by atoms with Gasteiger partial charge in [-0.2, -0.15) is 13.2 Å². The number of aliphatic carboxylic acids is 1. The van der Waals surface area contributed by atoms with E-state index in [1.165, 1.54) is 11.3 Å². The van der Waals surface area contributed by atoms with E-state index in [4.69, 9.17) is 24.1 Å². The van der Waals surface area contributed by atoms with Gasteiger partial charge < -0.3 is 44.9 Å². The first-order valence-corrected chi connectivity index (χ1v) is 23.2. The number of aromatic nitrogens is 1. The first-order valence-electron chi connectivity index (χ1n) is 22.3. The van der Waals surface area contributed by atoms with E-state index < -0.39 is 17.7 Å². The molecule has 2 aromatic carbocycles. The minimum absolute atomic E-state index is 0.0128. The first-order chi connectivity index (χ1) is 31.3. The lowest BCUT2D eigenvalue weighted by Crippen LogP contribution is -2.58. The number of thiazole rings is 1. The van der Waals surface area contributed by atoms with Gasteiger partial charge in [-0.15, -0.1) is 11.3 Å². The van der Waals surface area contributed by atoms with Crippen LogP contribution in [0.15, 0.2) is 35.7 Å². The van der Waals surface area contributed by atoms with Gasteiger partial charge in [0, 0.05) is 62.2 Å². The third-order valence-electron chi connectivity index (χ3n) is 12.0. The molecule has 66 heavy (non-hydrogen) atoms. The Hall–Kier alpha value is -4.89. The highest BCUT2D eigenvalue weighted by Crippen LogP contribution is 2.39. The molecule has 1 atom stereocenters. The SMILES string of the molecule is CC(C)c1nc(C(=O)N2CCOC3(CCN(Cc4cccc(CCOCCC(=O)N(CCNCCc5ccc(O)c6c5OCC(=O)N6)[C@H](C)C(C)C)c4F)CC3)C2)cs1.O=C(O)C(F)(F)F. The summed E-state index contributed by atoms with van der Waals surface area (Å²) >= 11 is 1.53. The molecule has 364 valence electrons. The van der Waals surface area contributed by atoms with Crippen LogP contribution in [0, 0.1) is 11.7 Å². The number of halogens is 4. The van der Waals surface area contributed by atoms with Crippen molar-refractivity contribution in [3.63, 3.8) is 0 Å². The second-order valence-corrected chi connectivity index (χ2v) is 18.3. The normalized spacial score (nSPS) is 16.6. The summed E-state index contributed by atoms with van der Waals surface area (Å²) in [5.74, 6) is -2.28. The summed E-state index contributed by atoms with van der Waals surface area (Å²) in [5, 5.41) is 26.2. The fourth-order valence-electron chi connectivity index (χ4n) is 7.90. The van der Waals surface area contributed by atoms with Gasteiger partial charge in [-0.05, 0) is 62.3 Å². The number of benzene rings is 2. The monoisotopic (exact) mass is 950 g/mol. The van der Waals surface area contributed by atoms with Crippen LogP contribution in [-0.4, -0.2) is 144 Å². The van der Waals surface area contributed by atoms with E-state index in [1.807, 2.05) is 27.3 Å². The molecule has 0 radical (unpaired) electrons. The number of carbonyl (C=O) groups is 4. The Labute approximate surface area is 386 Å². The lowest BCUT2D eigenvalue weighted by Gasteiger charge is -2.47. The highest BCUT2D eigenvalue weighted by Gasteiger charge is 2.42. The molecule has 0 unspecified atom stereocenters. The maximum atomic E-state index is 15.8. The average molecular weight is 951 g/mol. The van der Waals surface area contributed by atoms with Crippen LogP contribution in [-0.2, 0) is 43.2 Å².